The van der Waals surface area contributed by atoms with Gasteiger partial charge in [0.25, 0.3) is 0 Å². The van der Waals surface area contributed by atoms with E-state index in [0.717, 1.165) is 17.0 Å². The van der Waals surface area contributed by atoms with E-state index in [1.54, 1.807) is 0 Å². The van der Waals surface area contributed by atoms with Crippen LogP contribution in [0, 0.1) is 0 Å². The molecule has 1 unspecified atom stereocenters. The van der Waals surface area contributed by atoms with Crippen LogP contribution in [0.5, 0.6) is 0 Å². The van der Waals surface area contributed by atoms with Crippen molar-refractivity contribution in [2.75, 3.05) is 0 Å². The number of allylic oxidation sites excluding steroid dienone is 1. The summed E-state index contributed by atoms with van der Waals surface area (Å²) in [5.41, 5.74) is 7.09. The van der Waals surface area contributed by atoms with Crippen LogP contribution in [0.3, 0.4) is 0 Å². The lowest BCUT2D eigenvalue weighted by atomic mass is 9.79. The van der Waals surface area contributed by atoms with Crippen LogP contribution in [0.2, 0.25) is 0 Å². The summed E-state index contributed by atoms with van der Waals surface area (Å²) in [4.78, 5) is 4.69. The summed E-state index contributed by atoms with van der Waals surface area (Å²) in [6.45, 7) is 4.67. The smallest absolute Gasteiger partial charge is 0.227 e. The van der Waals surface area contributed by atoms with Gasteiger partial charge in [0.2, 0.25) is 5.52 Å². The van der Waals surface area contributed by atoms with Crippen molar-refractivity contribution in [2.24, 2.45) is 0 Å². The van der Waals surface area contributed by atoms with Crippen molar-refractivity contribution in [1.29, 1.82) is 0 Å². The van der Waals surface area contributed by atoms with Crippen molar-refractivity contribution in [2.45, 2.75) is 5.92 Å². The van der Waals surface area contributed by atoms with Gasteiger partial charge in [0.1, 0.15) is 0 Å². The fourth-order valence-corrected chi connectivity index (χ4v) is 7.18. The van der Waals surface area contributed by atoms with Crippen LogP contribution in [0.25, 0.3) is 58.8 Å². The number of fused-ring (bicyclic) bond motifs is 1. The summed E-state index contributed by atoms with van der Waals surface area (Å²) in [6.07, 6.45) is 4.05. The zero-order valence-electron chi connectivity index (χ0n) is 18.3. The topological polar surface area (TPSA) is 16.8 Å². The van der Waals surface area contributed by atoms with Gasteiger partial charge in [-0.05, 0) is 53.4 Å². The van der Waals surface area contributed by atoms with E-state index in [2.05, 4.69) is 101 Å². The van der Waals surface area contributed by atoms with E-state index in [0.29, 0.717) is 0 Å². The summed E-state index contributed by atoms with van der Waals surface area (Å²) >= 11 is 1.90. The minimum Gasteiger partial charge on any atom is -0.256 e. The molecule has 0 fully saturated rings. The number of hydrogen-bond donors (Lipinski definition) is 0. The van der Waals surface area contributed by atoms with Crippen LogP contribution < -0.4 is 4.57 Å². The van der Waals surface area contributed by atoms with E-state index in [-0.39, 0.29) is 5.92 Å². The molecule has 0 saturated carbocycles. The van der Waals surface area contributed by atoms with Gasteiger partial charge < -0.3 is 0 Å². The third-order valence-electron chi connectivity index (χ3n) is 7.38. The Balaban J connectivity index is 1.56. The highest BCUT2D eigenvalue weighted by Crippen LogP contribution is 2.50. The maximum absolute atomic E-state index is 4.69. The number of thiophene rings is 1. The molecule has 0 amide bonds. The Bertz CT molecular complexity index is 1930. The third-order valence-corrected chi connectivity index (χ3v) is 8.50. The molecular formula is C31H19N2S+. The summed E-state index contributed by atoms with van der Waals surface area (Å²) < 4.78 is 5.04. The Morgan fingerprint density at radius 2 is 1.56 bits per heavy atom. The molecule has 34 heavy (non-hydrogen) atoms. The number of hydrogen-bond acceptors (Lipinski definition) is 2. The Morgan fingerprint density at radius 1 is 0.706 bits per heavy atom. The average Bonchev–Trinajstić information content (AvgIpc) is 3.28. The Kier molecular flexibility index (Phi) is 3.51. The lowest BCUT2D eigenvalue weighted by molar-refractivity contribution is -0.555. The molecule has 2 nitrogen and oxygen atoms in total. The first-order valence-electron chi connectivity index (χ1n) is 11.5. The zero-order valence-corrected chi connectivity index (χ0v) is 19.1. The number of benzene rings is 4. The van der Waals surface area contributed by atoms with E-state index < -0.39 is 0 Å². The van der Waals surface area contributed by atoms with Crippen LogP contribution in [0.4, 0.5) is 0 Å². The van der Waals surface area contributed by atoms with Gasteiger partial charge in [0, 0.05) is 38.0 Å². The van der Waals surface area contributed by atoms with E-state index >= 15 is 0 Å². The fraction of sp³-hybridized carbons (Fsp3) is 0.0323. The molecule has 3 aromatic heterocycles. The Hall–Kier alpha value is -4.08. The molecule has 0 spiro atoms. The summed E-state index contributed by atoms with van der Waals surface area (Å²) in [6, 6.07) is 30.6. The number of rotatable bonds is 2. The van der Waals surface area contributed by atoms with Crippen molar-refractivity contribution in [1.82, 2.24) is 4.98 Å². The molecule has 1 aliphatic heterocycles. The van der Waals surface area contributed by atoms with E-state index in [9.17, 15) is 0 Å². The highest BCUT2D eigenvalue weighted by atomic mass is 32.1. The number of aromatic nitrogens is 2. The van der Waals surface area contributed by atoms with Gasteiger partial charge in [0.15, 0.2) is 11.9 Å². The lowest BCUT2D eigenvalue weighted by Crippen LogP contribution is -2.38. The normalized spacial score (nSPS) is 15.4. The maximum atomic E-state index is 4.69. The van der Waals surface area contributed by atoms with Crippen molar-refractivity contribution >= 4 is 58.9 Å². The Labute approximate surface area is 200 Å². The predicted molar refractivity (Wildman–Crippen MR) is 143 cm³/mol. The minimum atomic E-state index is 0.0468. The molecule has 4 aromatic carbocycles. The standard InChI is InChI=1S/C31H19N2S/c1-18-27(20-9-3-2-8-19(20)24-12-4-5-16-32-24)23-14-15-26-30-28-21(10-6-13-25(28)34-26)22-11-7-17-33(18)31(22)29(23)30/h2-17,27H,1H2/q+1. The summed E-state index contributed by atoms with van der Waals surface area (Å²) in [5.74, 6) is 0.0468. The van der Waals surface area contributed by atoms with E-state index in [1.807, 2.05) is 23.6 Å². The number of nitrogens with zero attached hydrogens (tertiary/aromatic N) is 2. The average molecular weight is 452 g/mol. The molecule has 1 aliphatic rings. The molecule has 4 heterocycles. The minimum absolute atomic E-state index is 0.0468. The van der Waals surface area contributed by atoms with E-state index in [1.165, 1.54) is 53.0 Å². The number of pyridine rings is 2. The first-order chi connectivity index (χ1) is 16.8. The second-order valence-corrected chi connectivity index (χ2v) is 10.1. The molecule has 8 rings (SSSR count). The first kappa shape index (κ1) is 18.4. The molecule has 1 atom stereocenters. The van der Waals surface area contributed by atoms with Crippen LogP contribution in [-0.2, 0) is 0 Å². The molecule has 3 heteroatoms. The van der Waals surface area contributed by atoms with Crippen molar-refractivity contribution in [3.8, 4) is 11.3 Å². The molecule has 0 N–H and O–H groups in total. The quantitative estimate of drug-likeness (QED) is 0.194. The molecule has 0 aliphatic carbocycles. The van der Waals surface area contributed by atoms with Crippen molar-refractivity contribution in [3.05, 3.63) is 115 Å². The fourth-order valence-electron chi connectivity index (χ4n) is 6.04. The van der Waals surface area contributed by atoms with Crippen molar-refractivity contribution < 1.29 is 4.57 Å². The largest absolute Gasteiger partial charge is 0.256 e. The monoisotopic (exact) mass is 451 g/mol. The lowest BCUT2D eigenvalue weighted by Gasteiger charge is -2.26. The van der Waals surface area contributed by atoms with Gasteiger partial charge in [-0.25, -0.2) is 0 Å². The molecular weight excluding hydrogens is 432 g/mol. The molecule has 0 saturated heterocycles. The predicted octanol–water partition coefficient (Wildman–Crippen LogP) is 7.76. The highest BCUT2D eigenvalue weighted by molar-refractivity contribution is 7.26. The van der Waals surface area contributed by atoms with Gasteiger partial charge in [-0.2, -0.15) is 4.57 Å². The highest BCUT2D eigenvalue weighted by Gasteiger charge is 2.37. The van der Waals surface area contributed by atoms with Crippen molar-refractivity contribution in [3.63, 3.8) is 0 Å². The zero-order chi connectivity index (χ0) is 22.4. The van der Waals surface area contributed by atoms with Gasteiger partial charge >= 0.3 is 0 Å². The van der Waals surface area contributed by atoms with Gasteiger partial charge in [-0.15, -0.1) is 11.3 Å². The van der Waals surface area contributed by atoms with Crippen LogP contribution in [0.15, 0.2) is 104 Å². The SMILES string of the molecule is C=C1C(c2ccccc2-c2ccccn2)c2ccc3sc4cccc5c6ccc[n+]1c6c2c3c45. The summed E-state index contributed by atoms with van der Waals surface area (Å²) in [5, 5.41) is 6.79. The van der Waals surface area contributed by atoms with Crippen LogP contribution in [0.1, 0.15) is 17.0 Å². The van der Waals surface area contributed by atoms with Gasteiger partial charge in [-0.3, -0.25) is 4.98 Å². The molecule has 7 aromatic rings. The van der Waals surface area contributed by atoms with Crippen LogP contribution >= 0.6 is 11.3 Å². The maximum Gasteiger partial charge on any atom is 0.227 e. The first-order valence-corrected chi connectivity index (χ1v) is 12.4. The van der Waals surface area contributed by atoms with Crippen LogP contribution in [-0.4, -0.2) is 4.98 Å². The Morgan fingerprint density at radius 3 is 2.47 bits per heavy atom. The second-order valence-electron chi connectivity index (χ2n) is 9.05. The van der Waals surface area contributed by atoms with Gasteiger partial charge in [-0.1, -0.05) is 48.5 Å². The van der Waals surface area contributed by atoms with E-state index in [4.69, 9.17) is 0 Å². The van der Waals surface area contributed by atoms with Gasteiger partial charge in [0.05, 0.1) is 22.4 Å². The third kappa shape index (κ3) is 2.20. The molecule has 0 radical (unpaired) electrons. The second kappa shape index (κ2) is 6.49. The summed E-state index contributed by atoms with van der Waals surface area (Å²) in [7, 11) is 0. The molecule has 0 bridgehead atoms. The molecule has 158 valence electrons.